The number of hydrogen-bond donors (Lipinski definition) is 3. The first kappa shape index (κ1) is 32.6. The average Bonchev–Trinajstić information content (AvgIpc) is 2.99. The van der Waals surface area contributed by atoms with Crippen LogP contribution in [0.25, 0.3) is 0 Å². The predicted molar refractivity (Wildman–Crippen MR) is 161 cm³/mol. The normalized spacial score (nSPS) is 17.7. The van der Waals surface area contributed by atoms with Crippen LogP contribution in [0.4, 0.5) is 29.3 Å². The van der Waals surface area contributed by atoms with E-state index >= 15 is 0 Å². The van der Waals surface area contributed by atoms with E-state index in [9.17, 15) is 27.9 Å². The van der Waals surface area contributed by atoms with Crippen molar-refractivity contribution in [3.05, 3.63) is 83.4 Å². The van der Waals surface area contributed by atoms with Gasteiger partial charge in [-0.15, -0.1) is 0 Å². The topological polar surface area (TPSA) is 103 Å². The quantitative estimate of drug-likeness (QED) is 0.285. The minimum atomic E-state index is -4.49. The molecule has 0 bridgehead atoms. The standard InChI is InChI=1S/C32H37F3N4O5/c1-20-16-39(21(2)19-40)30(41)27-15-25(37-31(42)36-24-9-7-23(8-10-24)32(33,34)35)11-14-28(27)44-29(20)18-38(3)17-22-5-12-26(43-4)13-6-22/h5-15,20-21,29,40H,16-19H2,1-4H3,(H2,36,37,42)/t20-,21+,29+/m1/s1. The van der Waals surface area contributed by atoms with Gasteiger partial charge in [0, 0.05) is 36.9 Å². The number of nitrogens with zero attached hydrogens (tertiary/aromatic N) is 2. The zero-order chi connectivity index (χ0) is 32.0. The summed E-state index contributed by atoms with van der Waals surface area (Å²) in [7, 11) is 3.61. The number of methoxy groups -OCH3 is 1. The Morgan fingerprint density at radius 2 is 1.73 bits per heavy atom. The zero-order valence-electron chi connectivity index (χ0n) is 25.0. The summed E-state index contributed by atoms with van der Waals surface area (Å²) in [5.41, 5.74) is 0.934. The van der Waals surface area contributed by atoms with E-state index in [2.05, 4.69) is 15.5 Å². The number of ether oxygens (including phenoxy) is 2. The number of anilines is 2. The third-order valence-corrected chi connectivity index (χ3v) is 7.50. The molecule has 0 fully saturated rings. The summed E-state index contributed by atoms with van der Waals surface area (Å²) < 4.78 is 50.2. The SMILES string of the molecule is COc1ccc(CN(C)C[C@@H]2Oc3ccc(NC(=O)Nc4ccc(C(F)(F)F)cc4)cc3C(=O)N([C@@H](C)CO)C[C@H]2C)cc1. The number of urea groups is 1. The van der Waals surface area contributed by atoms with Gasteiger partial charge in [0.25, 0.3) is 5.91 Å². The molecule has 0 radical (unpaired) electrons. The van der Waals surface area contributed by atoms with Crippen LogP contribution in [0.1, 0.15) is 35.3 Å². The van der Waals surface area contributed by atoms with Crippen LogP contribution >= 0.6 is 0 Å². The Bertz CT molecular complexity index is 1430. The van der Waals surface area contributed by atoms with Crippen molar-refractivity contribution in [2.24, 2.45) is 5.92 Å². The molecule has 3 amide bonds. The molecule has 0 saturated heterocycles. The van der Waals surface area contributed by atoms with Gasteiger partial charge in [0.05, 0.1) is 30.9 Å². The molecule has 4 rings (SSSR count). The van der Waals surface area contributed by atoms with Crippen LogP contribution in [0.2, 0.25) is 0 Å². The molecule has 3 aromatic carbocycles. The summed E-state index contributed by atoms with van der Waals surface area (Å²) in [4.78, 5) is 30.1. The molecule has 0 aromatic heterocycles. The number of nitrogens with one attached hydrogen (secondary N) is 2. The fourth-order valence-electron chi connectivity index (χ4n) is 4.97. The van der Waals surface area contributed by atoms with Gasteiger partial charge in [-0.2, -0.15) is 13.2 Å². The number of halogens is 3. The van der Waals surface area contributed by atoms with Gasteiger partial charge in [-0.05, 0) is 74.1 Å². The van der Waals surface area contributed by atoms with Crippen LogP contribution in [-0.2, 0) is 12.7 Å². The fraction of sp³-hybridized carbons (Fsp3) is 0.375. The Balaban J connectivity index is 1.52. The summed E-state index contributed by atoms with van der Waals surface area (Å²) >= 11 is 0. The minimum Gasteiger partial charge on any atom is -0.497 e. The summed E-state index contributed by atoms with van der Waals surface area (Å²) in [6.45, 7) is 5.09. The maximum absolute atomic E-state index is 13.7. The van der Waals surface area contributed by atoms with Gasteiger partial charge in [-0.25, -0.2) is 4.79 Å². The fourth-order valence-corrected chi connectivity index (χ4v) is 4.97. The Kier molecular flexibility index (Phi) is 10.4. The van der Waals surface area contributed by atoms with Crippen LogP contribution in [-0.4, -0.2) is 72.8 Å². The van der Waals surface area contributed by atoms with Crippen molar-refractivity contribution >= 4 is 23.3 Å². The summed E-state index contributed by atoms with van der Waals surface area (Å²) in [6, 6.07) is 15.4. The van der Waals surface area contributed by atoms with Crippen molar-refractivity contribution in [1.29, 1.82) is 0 Å². The molecule has 0 saturated carbocycles. The third kappa shape index (κ3) is 8.20. The van der Waals surface area contributed by atoms with Gasteiger partial charge in [0.15, 0.2) is 0 Å². The highest BCUT2D eigenvalue weighted by atomic mass is 19.4. The molecule has 3 aromatic rings. The molecule has 0 unspecified atom stereocenters. The third-order valence-electron chi connectivity index (χ3n) is 7.50. The summed E-state index contributed by atoms with van der Waals surface area (Å²) in [6.07, 6.45) is -4.79. The van der Waals surface area contributed by atoms with Gasteiger partial charge >= 0.3 is 12.2 Å². The molecule has 3 atom stereocenters. The second-order valence-corrected chi connectivity index (χ2v) is 11.0. The smallest absolute Gasteiger partial charge is 0.416 e. The van der Waals surface area contributed by atoms with Gasteiger partial charge in [0.1, 0.15) is 17.6 Å². The van der Waals surface area contributed by atoms with Crippen LogP contribution in [0, 0.1) is 5.92 Å². The van der Waals surface area contributed by atoms with Crippen molar-refractivity contribution in [3.8, 4) is 11.5 Å². The van der Waals surface area contributed by atoms with Crippen molar-refractivity contribution < 1.29 is 37.3 Å². The van der Waals surface area contributed by atoms with Crippen molar-refractivity contribution in [2.75, 3.05) is 44.5 Å². The molecule has 0 spiro atoms. The Morgan fingerprint density at radius 1 is 1.09 bits per heavy atom. The van der Waals surface area contributed by atoms with Crippen LogP contribution < -0.4 is 20.1 Å². The monoisotopic (exact) mass is 614 g/mol. The van der Waals surface area contributed by atoms with E-state index in [0.717, 1.165) is 35.6 Å². The lowest BCUT2D eigenvalue weighted by atomic mass is 9.99. The average molecular weight is 615 g/mol. The molecule has 9 nitrogen and oxygen atoms in total. The molecular formula is C32H37F3N4O5. The molecule has 236 valence electrons. The van der Waals surface area contributed by atoms with E-state index in [1.807, 2.05) is 38.2 Å². The highest BCUT2D eigenvalue weighted by Crippen LogP contribution is 2.32. The highest BCUT2D eigenvalue weighted by Gasteiger charge is 2.34. The lowest BCUT2D eigenvalue weighted by molar-refractivity contribution is -0.137. The number of likely N-dealkylation sites (N-methyl/N-ethyl adjacent to an activating group) is 1. The van der Waals surface area contributed by atoms with E-state index in [1.165, 1.54) is 6.07 Å². The Hall–Kier alpha value is -4.29. The molecule has 1 aliphatic heterocycles. The van der Waals surface area contributed by atoms with E-state index in [4.69, 9.17) is 9.47 Å². The first-order valence-electron chi connectivity index (χ1n) is 14.2. The second-order valence-electron chi connectivity index (χ2n) is 11.0. The molecule has 12 heteroatoms. The predicted octanol–water partition coefficient (Wildman–Crippen LogP) is 5.71. The number of aliphatic hydroxyl groups excluding tert-OH is 1. The Morgan fingerprint density at radius 3 is 2.34 bits per heavy atom. The molecule has 3 N–H and O–H groups in total. The van der Waals surface area contributed by atoms with Crippen molar-refractivity contribution in [3.63, 3.8) is 0 Å². The molecule has 1 heterocycles. The molecule has 44 heavy (non-hydrogen) atoms. The molecular weight excluding hydrogens is 577 g/mol. The number of amides is 3. The first-order valence-corrected chi connectivity index (χ1v) is 14.2. The van der Waals surface area contributed by atoms with E-state index in [0.29, 0.717) is 25.4 Å². The highest BCUT2D eigenvalue weighted by molar-refractivity contribution is 6.02. The van der Waals surface area contributed by atoms with Crippen LogP contribution in [0.3, 0.4) is 0 Å². The number of benzene rings is 3. The maximum Gasteiger partial charge on any atom is 0.416 e. The number of rotatable bonds is 9. The summed E-state index contributed by atoms with van der Waals surface area (Å²) in [5, 5.41) is 15.0. The van der Waals surface area contributed by atoms with E-state index in [-0.39, 0.29) is 41.5 Å². The van der Waals surface area contributed by atoms with Crippen molar-refractivity contribution in [2.45, 2.75) is 38.7 Å². The maximum atomic E-state index is 13.7. The zero-order valence-corrected chi connectivity index (χ0v) is 25.0. The Labute approximate surface area is 254 Å². The number of alkyl halides is 3. The second kappa shape index (κ2) is 14.0. The number of carbonyl (C=O) groups excluding carboxylic acids is 2. The number of carbonyl (C=O) groups is 2. The number of fused-ring (bicyclic) bond motifs is 1. The minimum absolute atomic E-state index is 0.0771. The van der Waals surface area contributed by atoms with Crippen LogP contribution in [0.15, 0.2) is 66.7 Å². The largest absolute Gasteiger partial charge is 0.497 e. The molecule has 0 aliphatic carbocycles. The lowest BCUT2D eigenvalue weighted by Crippen LogP contribution is -2.49. The summed E-state index contributed by atoms with van der Waals surface area (Å²) in [5.74, 6) is 0.684. The van der Waals surface area contributed by atoms with Gasteiger partial charge in [-0.3, -0.25) is 9.69 Å². The van der Waals surface area contributed by atoms with Crippen molar-refractivity contribution in [1.82, 2.24) is 9.80 Å². The van der Waals surface area contributed by atoms with E-state index in [1.54, 1.807) is 31.1 Å². The van der Waals surface area contributed by atoms with Gasteiger partial charge < -0.3 is 30.1 Å². The van der Waals surface area contributed by atoms with Gasteiger partial charge in [0.2, 0.25) is 0 Å². The number of aliphatic hydroxyl groups is 1. The number of hydrogen-bond acceptors (Lipinski definition) is 6. The van der Waals surface area contributed by atoms with Crippen LogP contribution in [0.5, 0.6) is 11.5 Å². The lowest BCUT2D eigenvalue weighted by Gasteiger charge is -2.38. The molecule has 1 aliphatic rings. The first-order chi connectivity index (χ1) is 20.9. The van der Waals surface area contributed by atoms with Gasteiger partial charge in [-0.1, -0.05) is 19.1 Å². The van der Waals surface area contributed by atoms with E-state index < -0.39 is 23.8 Å².